The van der Waals surface area contributed by atoms with Crippen LogP contribution in [0.5, 0.6) is 5.75 Å². The van der Waals surface area contributed by atoms with Crippen LogP contribution in [0.25, 0.3) is 17.0 Å². The van der Waals surface area contributed by atoms with Crippen LogP contribution in [0.4, 0.5) is 15.8 Å². The molecule has 11 nitrogen and oxygen atoms in total. The average Bonchev–Trinajstić information content (AvgIpc) is 3.73. The second-order valence-electron chi connectivity index (χ2n) is 11.4. The number of aliphatic carboxylic acids is 1. The normalized spacial score (nSPS) is 23.0. The topological polar surface area (TPSA) is 125 Å². The van der Waals surface area contributed by atoms with E-state index in [1.54, 1.807) is 10.6 Å². The standard InChI is InChI=1S/C30H28FN5O6/c1-16-13-33(9-10-36(16)15-35-23-6-4-3-5-17(23)11-20(29(38)39)28(35)32-36)25-22(31)12-19-24(27(25)42-2)34(18-7-8-18)14-21(26(19)37)30(40)41/h3-6,11-12,14,16,18H,7-10,13,15H2,1-2H3,(H-,38,39,40,41)/p+1. The van der Waals surface area contributed by atoms with Crippen LogP contribution in [0.15, 0.2) is 52.0 Å². The number of rotatable bonds is 5. The Labute approximate surface area is 239 Å². The van der Waals surface area contributed by atoms with Crippen molar-refractivity contribution in [3.63, 3.8) is 0 Å². The van der Waals surface area contributed by atoms with E-state index in [2.05, 4.69) is 0 Å². The van der Waals surface area contributed by atoms with Crippen molar-refractivity contribution in [2.24, 2.45) is 5.10 Å². The van der Waals surface area contributed by atoms with Crippen LogP contribution in [0.3, 0.4) is 0 Å². The van der Waals surface area contributed by atoms with Gasteiger partial charge in [-0.1, -0.05) is 23.3 Å². The third-order valence-electron chi connectivity index (χ3n) is 8.89. The molecule has 2 N–H and O–H groups in total. The first-order chi connectivity index (χ1) is 20.1. The summed E-state index contributed by atoms with van der Waals surface area (Å²) >= 11 is 0. The molecule has 42 heavy (non-hydrogen) atoms. The number of pyridine rings is 1. The van der Waals surface area contributed by atoms with Gasteiger partial charge in [0.05, 0.1) is 36.8 Å². The molecule has 2 aromatic carbocycles. The number of para-hydroxylation sites is 1. The molecule has 1 saturated heterocycles. The summed E-state index contributed by atoms with van der Waals surface area (Å²) in [6, 6.07) is 8.59. The molecule has 1 spiro atoms. The fourth-order valence-corrected chi connectivity index (χ4v) is 6.57. The number of quaternary nitrogens is 1. The highest BCUT2D eigenvalue weighted by atomic mass is 19.1. The highest BCUT2D eigenvalue weighted by Crippen LogP contribution is 2.45. The van der Waals surface area contributed by atoms with Crippen LogP contribution < -0.4 is 20.0 Å². The van der Waals surface area contributed by atoms with Gasteiger partial charge in [-0.25, -0.2) is 14.0 Å². The largest absolute Gasteiger partial charge is 0.492 e. The van der Waals surface area contributed by atoms with Crippen molar-refractivity contribution in [3.8, 4) is 5.75 Å². The maximum absolute atomic E-state index is 15.9. The number of hydrogen-bond acceptors (Lipinski definition) is 7. The molecule has 0 amide bonds. The summed E-state index contributed by atoms with van der Waals surface area (Å²) in [5.41, 5.74) is 1.30. The minimum Gasteiger partial charge on any atom is -0.492 e. The zero-order valence-corrected chi connectivity index (χ0v) is 23.1. The van der Waals surface area contributed by atoms with Crippen molar-refractivity contribution in [2.45, 2.75) is 31.8 Å². The lowest BCUT2D eigenvalue weighted by Crippen LogP contribution is -2.62. The SMILES string of the molecule is COc1c(N2CC[N+]3(CN4C(=N3)C(C(=O)O)=Cc3ccccc34)C(C)C2)c(F)cc2c(=O)c(C(=O)O)cn(C3CC3)c12. The van der Waals surface area contributed by atoms with Crippen LogP contribution >= 0.6 is 0 Å². The van der Waals surface area contributed by atoms with Crippen LogP contribution in [0.2, 0.25) is 0 Å². The van der Waals surface area contributed by atoms with Gasteiger partial charge in [-0.15, -0.1) is 0 Å². The zero-order chi connectivity index (χ0) is 29.5. The minimum absolute atomic E-state index is 0.00435. The highest BCUT2D eigenvalue weighted by molar-refractivity contribution is 6.29. The molecule has 216 valence electrons. The molecule has 1 saturated carbocycles. The summed E-state index contributed by atoms with van der Waals surface area (Å²) < 4.78 is 23.7. The summed E-state index contributed by atoms with van der Waals surface area (Å²) in [5.74, 6) is -2.46. The number of amidine groups is 1. The van der Waals surface area contributed by atoms with E-state index < -0.39 is 28.7 Å². The number of nitrogens with zero attached hydrogens (tertiary/aromatic N) is 5. The Hall–Kier alpha value is -4.71. The predicted molar refractivity (Wildman–Crippen MR) is 154 cm³/mol. The first-order valence-electron chi connectivity index (χ1n) is 13.9. The van der Waals surface area contributed by atoms with Gasteiger partial charge >= 0.3 is 11.9 Å². The molecule has 3 aromatic rings. The number of aromatic nitrogens is 1. The molecule has 7 rings (SSSR count). The summed E-state index contributed by atoms with van der Waals surface area (Å²) in [5, 5.41) is 24.5. The van der Waals surface area contributed by atoms with Gasteiger partial charge < -0.3 is 24.4 Å². The number of benzene rings is 2. The molecular formula is C30H29FN5O6+. The number of fused-ring (bicyclic) bond motifs is 4. The average molecular weight is 575 g/mol. The number of piperazine rings is 1. The van der Waals surface area contributed by atoms with E-state index in [0.717, 1.165) is 30.2 Å². The van der Waals surface area contributed by atoms with Crippen LogP contribution in [0.1, 0.15) is 41.7 Å². The molecule has 12 heteroatoms. The number of carboxylic acid groups (broad SMARTS) is 2. The lowest BCUT2D eigenvalue weighted by atomic mass is 10.0. The van der Waals surface area contributed by atoms with Crippen LogP contribution in [0, 0.1) is 5.82 Å². The first kappa shape index (κ1) is 26.2. The van der Waals surface area contributed by atoms with Gasteiger partial charge in [0, 0.05) is 12.2 Å². The second kappa shape index (κ2) is 9.15. The lowest BCUT2D eigenvalue weighted by Gasteiger charge is -2.44. The molecule has 1 aromatic heterocycles. The third kappa shape index (κ3) is 3.74. The van der Waals surface area contributed by atoms with Gasteiger partial charge in [0.2, 0.25) is 11.3 Å². The molecule has 4 aliphatic rings. The van der Waals surface area contributed by atoms with Crippen molar-refractivity contribution < 1.29 is 33.5 Å². The monoisotopic (exact) mass is 574 g/mol. The lowest BCUT2D eigenvalue weighted by molar-refractivity contribution is -0.950. The Morgan fingerprint density at radius 2 is 1.93 bits per heavy atom. The maximum Gasteiger partial charge on any atom is 0.341 e. The Bertz CT molecular complexity index is 1830. The maximum atomic E-state index is 15.9. The van der Waals surface area contributed by atoms with Gasteiger partial charge in [0.15, 0.2) is 18.2 Å². The van der Waals surface area contributed by atoms with Crippen LogP contribution in [-0.4, -0.2) is 76.6 Å². The van der Waals surface area contributed by atoms with Crippen molar-refractivity contribution in [2.75, 3.05) is 43.2 Å². The number of carbonyl (C=O) groups is 2. The molecule has 0 radical (unpaired) electrons. The van der Waals surface area contributed by atoms with Crippen LogP contribution in [-0.2, 0) is 4.79 Å². The molecule has 2 atom stereocenters. The number of hydrogen-bond donors (Lipinski definition) is 2. The molecule has 1 aliphatic carbocycles. The summed E-state index contributed by atoms with van der Waals surface area (Å²) in [7, 11) is 1.42. The number of aromatic carboxylic acids is 1. The van der Waals surface area contributed by atoms with E-state index in [0.29, 0.717) is 37.7 Å². The third-order valence-corrected chi connectivity index (χ3v) is 8.89. The van der Waals surface area contributed by atoms with Crippen molar-refractivity contribution >= 4 is 46.1 Å². The molecule has 3 aliphatic heterocycles. The van der Waals surface area contributed by atoms with Crippen molar-refractivity contribution in [1.29, 1.82) is 0 Å². The van der Waals surface area contributed by atoms with Gasteiger partial charge in [-0.05, 0) is 43.5 Å². The molecule has 2 fully saturated rings. The Balaban J connectivity index is 1.29. The summed E-state index contributed by atoms with van der Waals surface area (Å²) in [6.07, 6.45) is 4.64. The van der Waals surface area contributed by atoms with E-state index in [-0.39, 0.29) is 39.1 Å². The number of ether oxygens (including phenoxy) is 1. The van der Waals surface area contributed by atoms with Gasteiger partial charge in [0.1, 0.15) is 29.4 Å². The Morgan fingerprint density at radius 3 is 2.60 bits per heavy atom. The van der Waals surface area contributed by atoms with Gasteiger partial charge in [-0.2, -0.15) is 4.59 Å². The fourth-order valence-electron chi connectivity index (χ4n) is 6.57. The first-order valence-corrected chi connectivity index (χ1v) is 13.9. The highest BCUT2D eigenvalue weighted by Gasteiger charge is 2.51. The van der Waals surface area contributed by atoms with Crippen molar-refractivity contribution in [1.82, 2.24) is 4.57 Å². The molecule has 2 unspecified atom stereocenters. The molecule has 4 heterocycles. The van der Waals surface area contributed by atoms with Crippen molar-refractivity contribution in [3.05, 3.63) is 69.3 Å². The number of carboxylic acids is 2. The Morgan fingerprint density at radius 1 is 1.17 bits per heavy atom. The summed E-state index contributed by atoms with van der Waals surface area (Å²) in [6.45, 7) is 3.71. The number of halogens is 1. The van der Waals surface area contributed by atoms with E-state index in [1.165, 1.54) is 13.3 Å². The number of methoxy groups -OCH3 is 1. The van der Waals surface area contributed by atoms with E-state index in [1.807, 2.05) is 41.0 Å². The molecule has 0 bridgehead atoms. The van der Waals surface area contributed by atoms with Gasteiger partial charge in [-0.3, -0.25) is 9.69 Å². The zero-order valence-electron chi connectivity index (χ0n) is 23.1. The number of anilines is 2. The Kier molecular flexibility index (Phi) is 5.71. The molecular weight excluding hydrogens is 545 g/mol. The van der Waals surface area contributed by atoms with E-state index in [4.69, 9.17) is 9.84 Å². The quantitative estimate of drug-likeness (QED) is 0.444. The summed E-state index contributed by atoms with van der Waals surface area (Å²) in [4.78, 5) is 40.9. The van der Waals surface area contributed by atoms with Gasteiger partial charge in [0.25, 0.3) is 0 Å². The minimum atomic E-state index is -1.36. The smallest absolute Gasteiger partial charge is 0.341 e. The van der Waals surface area contributed by atoms with E-state index >= 15 is 4.39 Å². The second-order valence-corrected chi connectivity index (χ2v) is 11.4. The van der Waals surface area contributed by atoms with E-state index in [9.17, 15) is 24.6 Å². The fraction of sp³-hybridized carbons (Fsp3) is 0.333. The predicted octanol–water partition coefficient (Wildman–Crippen LogP) is 3.48.